The van der Waals surface area contributed by atoms with Crippen molar-refractivity contribution in [2.24, 2.45) is 11.3 Å². The van der Waals surface area contributed by atoms with Gasteiger partial charge in [-0.15, -0.1) is 0 Å². The molecule has 53 heavy (non-hydrogen) atoms. The molecule has 0 aromatic heterocycles. The molecule has 0 bridgehead atoms. The number of rotatable bonds is 38. The monoisotopic (exact) mass is 748 g/mol. The zero-order valence-electron chi connectivity index (χ0n) is 35.8. The fourth-order valence-electron chi connectivity index (χ4n) is 8.62. The Bertz CT molecular complexity index is 853. The summed E-state index contributed by atoms with van der Waals surface area (Å²) in [5.41, 5.74) is 0.487. The summed E-state index contributed by atoms with van der Waals surface area (Å²) in [6.07, 6.45) is 39.2. The van der Waals surface area contributed by atoms with E-state index in [0.717, 1.165) is 51.7 Å². The molecule has 0 aromatic carbocycles. The van der Waals surface area contributed by atoms with Crippen molar-refractivity contribution in [3.05, 3.63) is 0 Å². The Morgan fingerprint density at radius 1 is 0.585 bits per heavy atom. The fourth-order valence-corrected chi connectivity index (χ4v) is 8.62. The molecule has 1 aliphatic heterocycles. The molecule has 1 saturated carbocycles. The van der Waals surface area contributed by atoms with Gasteiger partial charge in [-0.2, -0.15) is 0 Å². The molecule has 1 N–H and O–H groups in total. The summed E-state index contributed by atoms with van der Waals surface area (Å²) < 4.78 is 17.0. The first-order valence-electron chi connectivity index (χ1n) is 23.6. The number of hydrogen-bond acceptors (Lipinski definition) is 6. The van der Waals surface area contributed by atoms with Crippen molar-refractivity contribution in [3.8, 4) is 0 Å². The first-order chi connectivity index (χ1) is 25.9. The summed E-state index contributed by atoms with van der Waals surface area (Å²) in [5.74, 6) is 0.543. The summed E-state index contributed by atoms with van der Waals surface area (Å²) in [6.45, 7) is 11.4. The Labute approximate surface area is 329 Å². The highest BCUT2D eigenvalue weighted by Gasteiger charge is 2.49. The van der Waals surface area contributed by atoms with Crippen LogP contribution in [-0.2, 0) is 23.8 Å². The lowest BCUT2D eigenvalue weighted by Gasteiger charge is -2.54. The summed E-state index contributed by atoms with van der Waals surface area (Å²) in [5, 5.41) is 4.02. The smallest absolute Gasteiger partial charge is 0.306 e. The first kappa shape index (κ1) is 48.0. The van der Waals surface area contributed by atoms with E-state index in [0.29, 0.717) is 42.9 Å². The Balaban J connectivity index is 1.58. The third kappa shape index (κ3) is 24.9. The van der Waals surface area contributed by atoms with Crippen LogP contribution in [0.1, 0.15) is 240 Å². The zero-order chi connectivity index (χ0) is 38.2. The zero-order valence-corrected chi connectivity index (χ0v) is 35.8. The molecule has 6 nitrogen and oxygen atoms in total. The molecule has 2 unspecified atom stereocenters. The van der Waals surface area contributed by atoms with Crippen LogP contribution in [0.3, 0.4) is 0 Å². The van der Waals surface area contributed by atoms with Crippen LogP contribution in [0.4, 0.5) is 0 Å². The van der Waals surface area contributed by atoms with Crippen LogP contribution in [0.2, 0.25) is 0 Å². The van der Waals surface area contributed by atoms with Gasteiger partial charge in [0.25, 0.3) is 0 Å². The molecule has 2 rings (SSSR count). The summed E-state index contributed by atoms with van der Waals surface area (Å²) >= 11 is 0. The second-order valence-corrected chi connectivity index (χ2v) is 17.7. The van der Waals surface area contributed by atoms with E-state index >= 15 is 0 Å². The first-order valence-corrected chi connectivity index (χ1v) is 23.6. The predicted octanol–water partition coefficient (Wildman–Crippen LogP) is 13.4. The number of carbonyl (C=O) groups excluding carboxylic acids is 2. The van der Waals surface area contributed by atoms with E-state index in [-0.39, 0.29) is 18.0 Å². The van der Waals surface area contributed by atoms with Crippen LogP contribution in [0.5, 0.6) is 0 Å². The topological polar surface area (TPSA) is 73.9 Å². The minimum Gasteiger partial charge on any atom is -0.465 e. The molecule has 0 aromatic rings. The number of esters is 2. The van der Waals surface area contributed by atoms with Gasteiger partial charge in [0.15, 0.2) is 0 Å². The average molecular weight is 748 g/mol. The van der Waals surface area contributed by atoms with Crippen molar-refractivity contribution in [3.63, 3.8) is 0 Å². The highest BCUT2D eigenvalue weighted by atomic mass is 16.5. The van der Waals surface area contributed by atoms with Gasteiger partial charge < -0.3 is 19.5 Å². The van der Waals surface area contributed by atoms with E-state index in [1.807, 2.05) is 0 Å². The largest absolute Gasteiger partial charge is 0.465 e. The van der Waals surface area contributed by atoms with Gasteiger partial charge in [-0.05, 0) is 77.0 Å². The second kappa shape index (κ2) is 32.0. The van der Waals surface area contributed by atoms with Gasteiger partial charge in [0, 0.05) is 30.3 Å². The quantitative estimate of drug-likeness (QED) is 0.0501. The maximum absolute atomic E-state index is 12.6. The molecule has 2 fully saturated rings. The third-order valence-electron chi connectivity index (χ3n) is 12.2. The Morgan fingerprint density at radius 2 is 1.02 bits per heavy atom. The predicted molar refractivity (Wildman–Crippen MR) is 223 cm³/mol. The van der Waals surface area contributed by atoms with Gasteiger partial charge >= 0.3 is 11.9 Å². The van der Waals surface area contributed by atoms with E-state index in [9.17, 15) is 9.59 Å². The second-order valence-electron chi connectivity index (χ2n) is 17.7. The minimum absolute atomic E-state index is 0.0132. The number of carbonyl (C=O) groups is 2. The van der Waals surface area contributed by atoms with Gasteiger partial charge in [-0.3, -0.25) is 9.59 Å². The SMILES string of the molecule is CCCCCCCCC(C)OC(=O)CCCCCCC(CCCCCCC(=O)OCC(CCCCCCC)CCCCCCC)NC1CC2(COC2)C1. The maximum atomic E-state index is 12.6. The fraction of sp³-hybridized carbons (Fsp3) is 0.957. The molecule has 0 amide bonds. The normalized spacial score (nSPS) is 16.4. The highest BCUT2D eigenvalue weighted by molar-refractivity contribution is 5.69. The molecule has 0 radical (unpaired) electrons. The standard InChI is InChI=1S/C47H89NO5/c1-5-8-11-14-17-22-29-41(4)53-46(50)35-28-21-19-26-33-43(48-44-36-47(37-44)39-51-40-47)32-25-18-20-27-34-45(49)52-38-42(30-23-15-12-9-6-2)31-24-16-13-10-7-3/h41-44,48H,5-40H2,1-4H3. The van der Waals surface area contributed by atoms with Gasteiger partial charge in [-0.25, -0.2) is 0 Å². The van der Waals surface area contributed by atoms with Crippen molar-refractivity contribution >= 4 is 11.9 Å². The lowest BCUT2D eigenvalue weighted by atomic mass is 9.64. The molecule has 2 atom stereocenters. The van der Waals surface area contributed by atoms with Crippen LogP contribution in [0.15, 0.2) is 0 Å². The van der Waals surface area contributed by atoms with E-state index < -0.39 is 0 Å². The molecule has 6 heteroatoms. The van der Waals surface area contributed by atoms with Crippen molar-refractivity contribution in [2.75, 3.05) is 19.8 Å². The highest BCUT2D eigenvalue weighted by Crippen LogP contribution is 2.47. The van der Waals surface area contributed by atoms with E-state index in [2.05, 4.69) is 33.0 Å². The van der Waals surface area contributed by atoms with Crippen molar-refractivity contribution in [2.45, 2.75) is 258 Å². The number of hydrogen-bond donors (Lipinski definition) is 1. The van der Waals surface area contributed by atoms with Gasteiger partial charge in [0.1, 0.15) is 0 Å². The third-order valence-corrected chi connectivity index (χ3v) is 12.2. The Hall–Kier alpha value is -1.14. The summed E-state index contributed by atoms with van der Waals surface area (Å²) in [6, 6.07) is 1.21. The van der Waals surface area contributed by atoms with Crippen LogP contribution < -0.4 is 5.32 Å². The van der Waals surface area contributed by atoms with Crippen molar-refractivity contribution < 1.29 is 23.8 Å². The van der Waals surface area contributed by atoms with Crippen LogP contribution in [0, 0.1) is 11.3 Å². The molecular weight excluding hydrogens is 659 g/mol. The summed E-state index contributed by atoms with van der Waals surface area (Å²) in [4.78, 5) is 25.0. The van der Waals surface area contributed by atoms with Crippen LogP contribution >= 0.6 is 0 Å². The van der Waals surface area contributed by atoms with Gasteiger partial charge in [0.2, 0.25) is 0 Å². The molecule has 2 aliphatic rings. The maximum Gasteiger partial charge on any atom is 0.306 e. The van der Waals surface area contributed by atoms with E-state index in [4.69, 9.17) is 14.2 Å². The molecule has 1 heterocycles. The van der Waals surface area contributed by atoms with Crippen molar-refractivity contribution in [1.82, 2.24) is 5.32 Å². The molecule has 1 saturated heterocycles. The Kier molecular flexibility index (Phi) is 29.0. The van der Waals surface area contributed by atoms with Crippen LogP contribution in [0.25, 0.3) is 0 Å². The van der Waals surface area contributed by atoms with E-state index in [1.165, 1.54) is 161 Å². The average Bonchev–Trinajstić information content (AvgIpc) is 3.11. The number of unbranched alkanes of at least 4 members (excludes halogenated alkanes) is 19. The van der Waals surface area contributed by atoms with Crippen LogP contribution in [-0.4, -0.2) is 49.9 Å². The molecule has 312 valence electrons. The minimum atomic E-state index is -0.0132. The number of nitrogens with one attached hydrogen (secondary N) is 1. The van der Waals surface area contributed by atoms with Gasteiger partial charge in [0.05, 0.1) is 25.9 Å². The Morgan fingerprint density at radius 3 is 1.51 bits per heavy atom. The summed E-state index contributed by atoms with van der Waals surface area (Å²) in [7, 11) is 0. The molecule has 1 aliphatic carbocycles. The molecule has 1 spiro atoms. The van der Waals surface area contributed by atoms with E-state index in [1.54, 1.807) is 0 Å². The lowest BCUT2D eigenvalue weighted by Crippen LogP contribution is -2.60. The molecular formula is C47H89NO5. The van der Waals surface area contributed by atoms with Crippen molar-refractivity contribution in [1.29, 1.82) is 0 Å². The number of ether oxygens (including phenoxy) is 3. The lowest BCUT2D eigenvalue weighted by molar-refractivity contribution is -0.168. The van der Waals surface area contributed by atoms with Gasteiger partial charge in [-0.1, -0.05) is 156 Å².